The van der Waals surface area contributed by atoms with Gasteiger partial charge >= 0.3 is 226 Å². The SMILES string of the molecule is CCC#C/C=C\c1ccc(-c2cccc3c2-c2cc(/C(C)=C/C=c4/ccc5ccc(-c6ccccc6)bc5/c4=C(\C)CC)ccc2C3CC)cc1C. The van der Waals surface area contributed by atoms with E-state index < -0.39 is 0 Å². The minimum atomic E-state index is 0.406. The first-order chi connectivity index (χ1) is 25.4. The molecule has 1 unspecified atom stereocenters. The van der Waals surface area contributed by atoms with Crippen LogP contribution in [-0.4, -0.2) is 6.91 Å². The summed E-state index contributed by atoms with van der Waals surface area (Å²) in [7, 11) is 0. The van der Waals surface area contributed by atoms with Crippen LogP contribution in [0, 0.1) is 18.8 Å². The molecule has 0 radical (unpaired) electrons. The van der Waals surface area contributed by atoms with Gasteiger partial charge in [-0.15, -0.1) is 0 Å². The summed E-state index contributed by atoms with van der Waals surface area (Å²) in [6.07, 6.45) is 11.7. The minimum absolute atomic E-state index is 0.406. The van der Waals surface area contributed by atoms with Crippen molar-refractivity contribution >= 4 is 40.9 Å². The maximum atomic E-state index is 3.13. The predicted molar refractivity (Wildman–Crippen MR) is 229 cm³/mol. The summed E-state index contributed by atoms with van der Waals surface area (Å²) in [5, 5.41) is 5.21. The van der Waals surface area contributed by atoms with E-state index in [0.717, 1.165) is 19.3 Å². The molecule has 52 heavy (non-hydrogen) atoms. The molecule has 0 nitrogen and oxygen atoms in total. The number of hydrogen-bond donors (Lipinski definition) is 0. The van der Waals surface area contributed by atoms with E-state index in [1.807, 2.05) is 6.08 Å². The van der Waals surface area contributed by atoms with Gasteiger partial charge in [0.1, 0.15) is 0 Å². The van der Waals surface area contributed by atoms with E-state index in [0.29, 0.717) is 5.92 Å². The summed E-state index contributed by atoms with van der Waals surface area (Å²) in [5.74, 6) is 6.67. The Labute approximate surface area is 311 Å². The molecule has 1 heteroatoms. The maximum absolute atomic E-state index is 3.13. The van der Waals surface area contributed by atoms with E-state index in [1.165, 1.54) is 93.3 Å². The molecule has 254 valence electrons. The molecule has 1 heterocycles. The normalized spacial score (nSPS) is 14.6. The van der Waals surface area contributed by atoms with Crippen molar-refractivity contribution in [1.29, 1.82) is 0 Å². The number of allylic oxidation sites excluding steroid dienone is 3. The number of hydrogen-bond acceptors (Lipinski definition) is 0. The van der Waals surface area contributed by atoms with Crippen LogP contribution < -0.4 is 10.4 Å². The van der Waals surface area contributed by atoms with E-state index in [4.69, 9.17) is 0 Å². The predicted octanol–water partition coefficient (Wildman–Crippen LogP) is 12.2. The van der Waals surface area contributed by atoms with Crippen LogP contribution in [0.4, 0.5) is 0 Å². The third-order valence-electron chi connectivity index (χ3n) is 10.9. The van der Waals surface area contributed by atoms with Crippen LogP contribution in [0.5, 0.6) is 0 Å². The van der Waals surface area contributed by atoms with Gasteiger partial charge in [-0.05, 0) is 30.2 Å². The van der Waals surface area contributed by atoms with Crippen LogP contribution >= 0.6 is 0 Å². The first kappa shape index (κ1) is 35.0. The zero-order valence-electron chi connectivity index (χ0n) is 31.5. The van der Waals surface area contributed by atoms with Crippen LogP contribution in [0.3, 0.4) is 0 Å². The van der Waals surface area contributed by atoms with E-state index in [2.05, 4.69) is 188 Å². The average Bonchev–Trinajstić information content (AvgIpc) is 3.51. The van der Waals surface area contributed by atoms with E-state index in [9.17, 15) is 0 Å². The zero-order chi connectivity index (χ0) is 36.2. The average molecular weight is 671 g/mol. The Balaban J connectivity index is 1.31. The van der Waals surface area contributed by atoms with Gasteiger partial charge in [0.05, 0.1) is 0 Å². The molecule has 1 aliphatic carbocycles. The van der Waals surface area contributed by atoms with Crippen molar-refractivity contribution in [3.05, 3.63) is 160 Å². The number of benzene rings is 5. The molecule has 0 fully saturated rings. The molecule has 6 aromatic rings. The van der Waals surface area contributed by atoms with Gasteiger partial charge in [-0.1, -0.05) is 50.0 Å². The molecule has 1 atom stereocenters. The smallest absolute Gasteiger partial charge is 0.0645 e. The fourth-order valence-corrected chi connectivity index (χ4v) is 7.90. The second-order valence-corrected chi connectivity index (χ2v) is 14.1. The molecular weight excluding hydrogens is 623 g/mol. The van der Waals surface area contributed by atoms with Gasteiger partial charge in [0, 0.05) is 6.42 Å². The summed E-state index contributed by atoms with van der Waals surface area (Å²) in [4.78, 5) is 0. The second-order valence-electron chi connectivity index (χ2n) is 14.1. The topological polar surface area (TPSA) is 0 Å². The fourth-order valence-electron chi connectivity index (χ4n) is 7.90. The Morgan fingerprint density at radius 2 is 1.60 bits per heavy atom. The van der Waals surface area contributed by atoms with E-state index >= 15 is 0 Å². The van der Waals surface area contributed by atoms with Gasteiger partial charge in [-0.25, -0.2) is 0 Å². The summed E-state index contributed by atoms with van der Waals surface area (Å²) >= 11 is 0. The van der Waals surface area contributed by atoms with Crippen molar-refractivity contribution < 1.29 is 0 Å². The van der Waals surface area contributed by atoms with Crippen molar-refractivity contribution in [2.24, 2.45) is 0 Å². The third-order valence-corrected chi connectivity index (χ3v) is 10.9. The summed E-state index contributed by atoms with van der Waals surface area (Å²) in [6.45, 7) is 15.8. The van der Waals surface area contributed by atoms with Crippen LogP contribution in [0.25, 0.3) is 67.2 Å². The quantitative estimate of drug-likeness (QED) is 0.148. The van der Waals surface area contributed by atoms with Crippen LogP contribution in [0.2, 0.25) is 0 Å². The van der Waals surface area contributed by atoms with Crippen LogP contribution in [0.15, 0.2) is 121 Å². The Kier molecular flexibility index (Phi) is 10.4. The van der Waals surface area contributed by atoms with Crippen LogP contribution in [0.1, 0.15) is 87.6 Å². The van der Waals surface area contributed by atoms with Crippen molar-refractivity contribution in [3.8, 4) is 45.1 Å². The molecule has 0 bridgehead atoms. The van der Waals surface area contributed by atoms with Crippen molar-refractivity contribution in [1.82, 2.24) is 0 Å². The Morgan fingerprint density at radius 1 is 0.769 bits per heavy atom. The van der Waals surface area contributed by atoms with Crippen molar-refractivity contribution in [2.45, 2.75) is 66.7 Å². The van der Waals surface area contributed by atoms with Gasteiger partial charge in [-0.3, -0.25) is 0 Å². The number of aryl methyl sites for hydroxylation is 1. The van der Waals surface area contributed by atoms with Crippen molar-refractivity contribution in [3.63, 3.8) is 0 Å². The molecule has 0 amide bonds. The number of fused-ring (bicyclic) bond motifs is 4. The van der Waals surface area contributed by atoms with Gasteiger partial charge in [0.2, 0.25) is 0 Å². The van der Waals surface area contributed by atoms with Gasteiger partial charge in [0.25, 0.3) is 0 Å². The Hall–Kier alpha value is -5.45. The fraction of sp³-hybridized carbons (Fsp3) is 0.196. The Morgan fingerprint density at radius 3 is 2.37 bits per heavy atom. The first-order valence-corrected chi connectivity index (χ1v) is 18.9. The van der Waals surface area contributed by atoms with Gasteiger partial charge in [0.15, 0.2) is 0 Å². The molecule has 1 aromatic heterocycles. The molecule has 1 aliphatic rings. The molecule has 7 rings (SSSR count). The monoisotopic (exact) mass is 670 g/mol. The summed E-state index contributed by atoms with van der Waals surface area (Å²) in [5.41, 5.74) is 17.1. The molecule has 5 aromatic carbocycles. The van der Waals surface area contributed by atoms with E-state index in [1.54, 1.807) is 0 Å². The molecule has 0 N–H and O–H groups in total. The number of rotatable bonds is 7. The first-order valence-electron chi connectivity index (χ1n) is 18.9. The minimum Gasteiger partial charge on any atom is -0.0645 e. The van der Waals surface area contributed by atoms with Gasteiger partial charge in [-0.2, -0.15) is 0 Å². The summed E-state index contributed by atoms with van der Waals surface area (Å²) in [6, 6.07) is 40.7. The molecule has 0 saturated carbocycles. The third kappa shape index (κ3) is 6.79. The van der Waals surface area contributed by atoms with Crippen LogP contribution in [-0.2, 0) is 0 Å². The molecule has 0 saturated heterocycles. The standard InChI is InChI=1S/C51H47B/c1-7-10-11-13-17-37-24-27-42(32-36(37)6)44-20-16-21-46-43(9-3)45-30-28-41(33-47(45)50(44)46)35(5)22-23-39-25-26-40-29-31-48(38-18-14-12-15-19-38)52-51(40)49(39)34(4)8-2/h12-33,43H,7-9H2,1-6H3/b17-13-,35-22+,39-23-,49-34+. The van der Waals surface area contributed by atoms with Gasteiger partial charge < -0.3 is 0 Å². The molecular formula is C51H47B. The Bertz CT molecular complexity index is 2550. The van der Waals surface area contributed by atoms with E-state index in [-0.39, 0.29) is 0 Å². The summed E-state index contributed by atoms with van der Waals surface area (Å²) < 4.78 is 0. The second kappa shape index (κ2) is 15.4. The molecule has 0 spiro atoms. The molecule has 0 aliphatic heterocycles. The zero-order valence-corrected chi connectivity index (χ0v) is 31.5. The van der Waals surface area contributed by atoms with Crippen molar-refractivity contribution in [2.75, 3.05) is 0 Å².